The number of morpholine rings is 1. The van der Waals surface area contributed by atoms with Gasteiger partial charge in [-0.05, 0) is 24.5 Å². The summed E-state index contributed by atoms with van der Waals surface area (Å²) in [5.74, 6) is 0. The normalized spacial score (nSPS) is 21.6. The van der Waals surface area contributed by atoms with Gasteiger partial charge in [-0.15, -0.1) is 0 Å². The fraction of sp³-hybridized carbons (Fsp3) is 0.643. The minimum atomic E-state index is 0.191. The number of nitrogens with zero attached hydrogens (tertiary/aromatic N) is 2. The van der Waals surface area contributed by atoms with Crippen molar-refractivity contribution in [2.45, 2.75) is 33.8 Å². The average Bonchev–Trinajstić information content (AvgIpc) is 2.29. The number of pyridine rings is 1. The van der Waals surface area contributed by atoms with Crippen molar-refractivity contribution in [3.05, 3.63) is 24.0 Å². The van der Waals surface area contributed by atoms with Crippen LogP contribution in [0.3, 0.4) is 0 Å². The van der Waals surface area contributed by atoms with Crippen molar-refractivity contribution in [1.82, 2.24) is 4.98 Å². The first-order valence-electron chi connectivity index (χ1n) is 6.26. The zero-order chi connectivity index (χ0) is 12.5. The molecular weight excluding hydrogens is 212 g/mol. The molecule has 1 aromatic rings. The average molecular weight is 234 g/mol. The van der Waals surface area contributed by atoms with Crippen LogP contribution in [0.5, 0.6) is 0 Å². The van der Waals surface area contributed by atoms with E-state index in [2.05, 4.69) is 42.8 Å². The van der Waals surface area contributed by atoms with E-state index in [-0.39, 0.29) is 11.5 Å². The lowest BCUT2D eigenvalue weighted by atomic mass is 9.88. The Morgan fingerprint density at radius 1 is 1.35 bits per heavy atom. The first kappa shape index (κ1) is 12.4. The summed E-state index contributed by atoms with van der Waals surface area (Å²) in [5, 5.41) is 0. The Morgan fingerprint density at radius 2 is 2.12 bits per heavy atom. The quantitative estimate of drug-likeness (QED) is 0.747. The molecule has 1 unspecified atom stereocenters. The van der Waals surface area contributed by atoms with Gasteiger partial charge in [0.1, 0.15) is 0 Å². The molecule has 0 N–H and O–H groups in total. The lowest BCUT2D eigenvalue weighted by molar-refractivity contribution is -0.0265. The molecule has 1 aliphatic heterocycles. The van der Waals surface area contributed by atoms with E-state index in [0.29, 0.717) is 0 Å². The van der Waals surface area contributed by atoms with Crippen molar-refractivity contribution in [2.75, 3.05) is 24.6 Å². The Morgan fingerprint density at radius 3 is 2.71 bits per heavy atom. The highest BCUT2D eigenvalue weighted by Crippen LogP contribution is 2.27. The fourth-order valence-corrected chi connectivity index (χ4v) is 2.05. The number of ether oxygens (including phenoxy) is 1. The van der Waals surface area contributed by atoms with Crippen LogP contribution in [0.2, 0.25) is 0 Å². The lowest BCUT2D eigenvalue weighted by Crippen LogP contribution is -2.48. The van der Waals surface area contributed by atoms with Crippen LogP contribution >= 0.6 is 0 Å². The van der Waals surface area contributed by atoms with E-state index in [4.69, 9.17) is 4.74 Å². The molecule has 2 heterocycles. The molecule has 17 heavy (non-hydrogen) atoms. The first-order valence-corrected chi connectivity index (χ1v) is 6.26. The molecule has 0 amide bonds. The van der Waals surface area contributed by atoms with Gasteiger partial charge in [-0.1, -0.05) is 20.8 Å². The Bertz CT molecular complexity index is 367. The molecule has 3 heteroatoms. The highest BCUT2D eigenvalue weighted by atomic mass is 16.5. The number of aromatic nitrogens is 1. The van der Waals surface area contributed by atoms with E-state index in [1.54, 1.807) is 0 Å². The summed E-state index contributed by atoms with van der Waals surface area (Å²) in [6.45, 7) is 11.4. The van der Waals surface area contributed by atoms with Gasteiger partial charge in [-0.3, -0.25) is 4.98 Å². The van der Waals surface area contributed by atoms with Gasteiger partial charge in [-0.25, -0.2) is 0 Å². The monoisotopic (exact) mass is 234 g/mol. The molecule has 0 radical (unpaired) electrons. The summed E-state index contributed by atoms with van der Waals surface area (Å²) in [6.07, 6.45) is 2.25. The second-order valence-corrected chi connectivity index (χ2v) is 5.83. The van der Waals surface area contributed by atoms with E-state index in [0.717, 1.165) is 25.4 Å². The van der Waals surface area contributed by atoms with Gasteiger partial charge < -0.3 is 9.64 Å². The highest BCUT2D eigenvalue weighted by Gasteiger charge is 2.30. The molecule has 1 aliphatic rings. The largest absolute Gasteiger partial charge is 0.374 e. The molecule has 1 saturated heterocycles. The summed E-state index contributed by atoms with van der Waals surface area (Å²) in [6, 6.07) is 4.21. The van der Waals surface area contributed by atoms with Gasteiger partial charge in [0.2, 0.25) is 0 Å². The Labute approximate surface area is 104 Å². The summed E-state index contributed by atoms with van der Waals surface area (Å²) >= 11 is 0. The molecule has 94 valence electrons. The molecule has 0 aromatic carbocycles. The predicted octanol–water partition coefficient (Wildman–Crippen LogP) is 2.64. The molecule has 1 aromatic heterocycles. The van der Waals surface area contributed by atoms with E-state index in [1.165, 1.54) is 5.69 Å². The van der Waals surface area contributed by atoms with Crippen molar-refractivity contribution in [2.24, 2.45) is 5.41 Å². The van der Waals surface area contributed by atoms with Gasteiger partial charge in [-0.2, -0.15) is 0 Å². The van der Waals surface area contributed by atoms with Crippen LogP contribution in [0.25, 0.3) is 0 Å². The Kier molecular flexibility index (Phi) is 3.38. The third kappa shape index (κ3) is 2.97. The van der Waals surface area contributed by atoms with Crippen molar-refractivity contribution >= 4 is 5.69 Å². The molecule has 0 aliphatic carbocycles. The minimum Gasteiger partial charge on any atom is -0.374 e. The summed E-state index contributed by atoms with van der Waals surface area (Å²) in [4.78, 5) is 6.73. The van der Waals surface area contributed by atoms with Crippen LogP contribution in [-0.4, -0.2) is 30.8 Å². The fourth-order valence-electron chi connectivity index (χ4n) is 2.05. The SMILES string of the molecule is Cc1ccc(N2CCOC(C(C)(C)C)C2)cn1. The van der Waals surface area contributed by atoms with Crippen molar-refractivity contribution < 1.29 is 4.74 Å². The number of hydrogen-bond donors (Lipinski definition) is 0. The first-order chi connectivity index (χ1) is 7.97. The van der Waals surface area contributed by atoms with Gasteiger partial charge in [0, 0.05) is 18.8 Å². The second kappa shape index (κ2) is 4.65. The molecule has 0 bridgehead atoms. The molecule has 0 saturated carbocycles. The van der Waals surface area contributed by atoms with Crippen LogP contribution in [-0.2, 0) is 4.74 Å². The topological polar surface area (TPSA) is 25.4 Å². The van der Waals surface area contributed by atoms with Crippen LogP contribution in [0.15, 0.2) is 18.3 Å². The second-order valence-electron chi connectivity index (χ2n) is 5.83. The van der Waals surface area contributed by atoms with Gasteiger partial charge in [0.25, 0.3) is 0 Å². The minimum absolute atomic E-state index is 0.191. The number of hydrogen-bond acceptors (Lipinski definition) is 3. The van der Waals surface area contributed by atoms with E-state index in [1.807, 2.05) is 13.1 Å². The van der Waals surface area contributed by atoms with Gasteiger partial charge >= 0.3 is 0 Å². The van der Waals surface area contributed by atoms with E-state index in [9.17, 15) is 0 Å². The maximum absolute atomic E-state index is 5.86. The Balaban J connectivity index is 2.09. The standard InChI is InChI=1S/C14H22N2O/c1-11-5-6-12(9-15-11)16-7-8-17-13(10-16)14(2,3)4/h5-6,9,13H,7-8,10H2,1-4H3. The molecular formula is C14H22N2O. The highest BCUT2D eigenvalue weighted by molar-refractivity contribution is 5.45. The van der Waals surface area contributed by atoms with Gasteiger partial charge in [0.05, 0.1) is 24.6 Å². The third-order valence-corrected chi connectivity index (χ3v) is 3.29. The number of anilines is 1. The molecule has 2 rings (SSSR count). The molecule has 0 spiro atoms. The number of aryl methyl sites for hydroxylation is 1. The summed E-state index contributed by atoms with van der Waals surface area (Å²) < 4.78 is 5.86. The number of rotatable bonds is 1. The van der Waals surface area contributed by atoms with E-state index < -0.39 is 0 Å². The van der Waals surface area contributed by atoms with Crippen LogP contribution < -0.4 is 4.90 Å². The van der Waals surface area contributed by atoms with Crippen molar-refractivity contribution in [3.8, 4) is 0 Å². The van der Waals surface area contributed by atoms with Crippen molar-refractivity contribution in [3.63, 3.8) is 0 Å². The maximum Gasteiger partial charge on any atom is 0.0798 e. The van der Waals surface area contributed by atoms with Crippen LogP contribution in [0, 0.1) is 12.3 Å². The molecule has 1 atom stereocenters. The lowest BCUT2D eigenvalue weighted by Gasteiger charge is -2.40. The summed E-state index contributed by atoms with van der Waals surface area (Å²) in [5.41, 5.74) is 2.46. The Hall–Kier alpha value is -1.09. The molecule has 3 nitrogen and oxygen atoms in total. The van der Waals surface area contributed by atoms with Crippen LogP contribution in [0.4, 0.5) is 5.69 Å². The summed E-state index contributed by atoms with van der Waals surface area (Å²) in [7, 11) is 0. The predicted molar refractivity (Wildman–Crippen MR) is 70.4 cm³/mol. The zero-order valence-corrected chi connectivity index (χ0v) is 11.2. The smallest absolute Gasteiger partial charge is 0.0798 e. The van der Waals surface area contributed by atoms with Crippen LogP contribution in [0.1, 0.15) is 26.5 Å². The van der Waals surface area contributed by atoms with Gasteiger partial charge in [0.15, 0.2) is 0 Å². The molecule has 1 fully saturated rings. The third-order valence-electron chi connectivity index (χ3n) is 3.29. The van der Waals surface area contributed by atoms with Crippen molar-refractivity contribution in [1.29, 1.82) is 0 Å². The zero-order valence-electron chi connectivity index (χ0n) is 11.2. The maximum atomic E-state index is 5.86. The van der Waals surface area contributed by atoms with E-state index >= 15 is 0 Å².